The van der Waals surface area contributed by atoms with Gasteiger partial charge in [0.15, 0.2) is 0 Å². The number of benzene rings is 1. The topological polar surface area (TPSA) is 78.8 Å². The van der Waals surface area contributed by atoms with Crippen molar-refractivity contribution in [2.24, 2.45) is 0 Å². The maximum atomic E-state index is 11.3. The summed E-state index contributed by atoms with van der Waals surface area (Å²) in [6, 6.07) is 8.78. The minimum absolute atomic E-state index is 0.192. The first-order valence-corrected chi connectivity index (χ1v) is 5.70. The van der Waals surface area contributed by atoms with Crippen LogP contribution in [0.3, 0.4) is 0 Å². The SMILES string of the molecule is N#Cc1ccccc1Oc1nc[nH]c(=O)c1I. The highest BCUT2D eigenvalue weighted by atomic mass is 127. The summed E-state index contributed by atoms with van der Waals surface area (Å²) in [5, 5.41) is 8.90. The molecule has 6 heteroatoms. The molecule has 0 radical (unpaired) electrons. The molecular formula is C11H6IN3O2. The fraction of sp³-hybridized carbons (Fsp3) is 0. The van der Waals surface area contributed by atoms with Crippen LogP contribution in [0.25, 0.3) is 0 Å². The van der Waals surface area contributed by atoms with Crippen LogP contribution in [0.2, 0.25) is 0 Å². The first kappa shape index (κ1) is 11.6. The van der Waals surface area contributed by atoms with Crippen molar-refractivity contribution >= 4 is 22.6 Å². The lowest BCUT2D eigenvalue weighted by Crippen LogP contribution is -2.11. The highest BCUT2D eigenvalue weighted by Crippen LogP contribution is 2.24. The maximum Gasteiger partial charge on any atom is 0.268 e. The predicted octanol–water partition coefficient (Wildman–Crippen LogP) is 2.04. The van der Waals surface area contributed by atoms with Gasteiger partial charge in [0.05, 0.1) is 11.9 Å². The molecule has 0 aliphatic heterocycles. The van der Waals surface area contributed by atoms with Crippen LogP contribution in [0.15, 0.2) is 35.4 Å². The van der Waals surface area contributed by atoms with Crippen LogP contribution in [0.5, 0.6) is 11.6 Å². The lowest BCUT2D eigenvalue weighted by atomic mass is 10.2. The highest BCUT2D eigenvalue weighted by molar-refractivity contribution is 14.1. The number of nitriles is 1. The fourth-order valence-corrected chi connectivity index (χ4v) is 1.60. The zero-order valence-electron chi connectivity index (χ0n) is 8.48. The Balaban J connectivity index is 2.42. The van der Waals surface area contributed by atoms with Gasteiger partial charge in [-0.3, -0.25) is 4.79 Å². The Kier molecular flexibility index (Phi) is 3.39. The first-order chi connectivity index (χ1) is 8.22. The van der Waals surface area contributed by atoms with Gasteiger partial charge in [-0.15, -0.1) is 0 Å². The Labute approximate surface area is 110 Å². The average molecular weight is 339 g/mol. The van der Waals surface area contributed by atoms with Crippen LogP contribution in [0.4, 0.5) is 0 Å². The van der Waals surface area contributed by atoms with Crippen molar-refractivity contribution in [3.05, 3.63) is 50.1 Å². The molecule has 0 amide bonds. The Morgan fingerprint density at radius 2 is 2.18 bits per heavy atom. The molecule has 2 aromatic rings. The van der Waals surface area contributed by atoms with Crippen LogP contribution in [-0.4, -0.2) is 9.97 Å². The van der Waals surface area contributed by atoms with E-state index in [0.717, 1.165) is 0 Å². The highest BCUT2D eigenvalue weighted by Gasteiger charge is 2.09. The largest absolute Gasteiger partial charge is 0.436 e. The summed E-state index contributed by atoms with van der Waals surface area (Å²) in [4.78, 5) is 17.7. The van der Waals surface area contributed by atoms with Crippen LogP contribution in [-0.2, 0) is 0 Å². The Hall–Kier alpha value is -1.88. The third-order valence-corrected chi connectivity index (χ3v) is 2.93. The van der Waals surface area contributed by atoms with E-state index in [0.29, 0.717) is 14.9 Å². The molecule has 1 heterocycles. The minimum atomic E-state index is -0.273. The van der Waals surface area contributed by atoms with Gasteiger partial charge in [0.1, 0.15) is 15.4 Å². The second-order valence-electron chi connectivity index (χ2n) is 3.06. The van der Waals surface area contributed by atoms with Crippen LogP contribution < -0.4 is 10.3 Å². The Morgan fingerprint density at radius 1 is 1.41 bits per heavy atom. The van der Waals surface area contributed by atoms with Gasteiger partial charge in [-0.05, 0) is 34.7 Å². The molecule has 84 valence electrons. The normalized spacial score (nSPS) is 9.65. The molecule has 0 unspecified atom stereocenters. The molecule has 1 aromatic carbocycles. The van der Waals surface area contributed by atoms with E-state index < -0.39 is 0 Å². The van der Waals surface area contributed by atoms with E-state index in [1.54, 1.807) is 24.3 Å². The molecule has 0 atom stereocenters. The van der Waals surface area contributed by atoms with Gasteiger partial charge < -0.3 is 9.72 Å². The molecule has 0 bridgehead atoms. The molecule has 2 rings (SSSR count). The average Bonchev–Trinajstić information content (AvgIpc) is 2.35. The summed E-state index contributed by atoms with van der Waals surface area (Å²) in [6.45, 7) is 0. The van der Waals surface area contributed by atoms with Gasteiger partial charge in [0.25, 0.3) is 5.56 Å². The molecule has 5 nitrogen and oxygen atoms in total. The molecule has 0 spiro atoms. The summed E-state index contributed by atoms with van der Waals surface area (Å²) in [5.41, 5.74) is 0.121. The number of hydrogen-bond donors (Lipinski definition) is 1. The molecule has 17 heavy (non-hydrogen) atoms. The number of rotatable bonds is 2. The number of halogens is 1. The zero-order chi connectivity index (χ0) is 12.3. The summed E-state index contributed by atoms with van der Waals surface area (Å²) in [7, 11) is 0. The van der Waals surface area contributed by atoms with E-state index in [1.165, 1.54) is 6.33 Å². The predicted molar refractivity (Wildman–Crippen MR) is 68.8 cm³/mol. The van der Waals surface area contributed by atoms with Gasteiger partial charge in [0, 0.05) is 0 Å². The van der Waals surface area contributed by atoms with Crippen molar-refractivity contribution in [2.75, 3.05) is 0 Å². The number of hydrogen-bond acceptors (Lipinski definition) is 4. The Bertz CT molecular complexity index is 646. The number of H-pyrrole nitrogens is 1. The van der Waals surface area contributed by atoms with Crippen LogP contribution >= 0.6 is 22.6 Å². The van der Waals surface area contributed by atoms with Gasteiger partial charge in [-0.1, -0.05) is 12.1 Å². The summed E-state index contributed by atoms with van der Waals surface area (Å²) >= 11 is 1.84. The van der Waals surface area contributed by atoms with Crippen molar-refractivity contribution in [3.63, 3.8) is 0 Å². The monoisotopic (exact) mass is 339 g/mol. The number of nitrogens with zero attached hydrogens (tertiary/aromatic N) is 2. The fourth-order valence-electron chi connectivity index (χ4n) is 1.19. The number of nitrogens with one attached hydrogen (secondary N) is 1. The van der Waals surface area contributed by atoms with Crippen LogP contribution in [0.1, 0.15) is 5.56 Å². The molecule has 1 N–H and O–H groups in total. The van der Waals surface area contributed by atoms with E-state index in [4.69, 9.17) is 10.00 Å². The van der Waals surface area contributed by atoms with Gasteiger partial charge in [0.2, 0.25) is 5.88 Å². The molecule has 1 aromatic heterocycles. The second-order valence-corrected chi connectivity index (χ2v) is 4.14. The lowest BCUT2D eigenvalue weighted by Gasteiger charge is -2.06. The molecule has 0 saturated carbocycles. The first-order valence-electron chi connectivity index (χ1n) is 4.62. The third kappa shape index (κ3) is 2.45. The standard InChI is InChI=1S/C11H6IN3O2/c12-9-10(16)14-6-15-11(9)17-8-4-2-1-3-7(8)5-13/h1-4,6H,(H,14,15,16). The number of aromatic amines is 1. The maximum absolute atomic E-state index is 11.3. The minimum Gasteiger partial charge on any atom is -0.436 e. The van der Waals surface area contributed by atoms with E-state index in [1.807, 2.05) is 28.7 Å². The molecule has 0 aliphatic carbocycles. The van der Waals surface area contributed by atoms with Crippen molar-refractivity contribution in [1.29, 1.82) is 5.26 Å². The van der Waals surface area contributed by atoms with E-state index in [9.17, 15) is 4.79 Å². The molecule has 0 fully saturated rings. The van der Waals surface area contributed by atoms with Gasteiger partial charge >= 0.3 is 0 Å². The van der Waals surface area contributed by atoms with E-state index in [-0.39, 0.29) is 11.4 Å². The van der Waals surface area contributed by atoms with E-state index >= 15 is 0 Å². The molecular weight excluding hydrogens is 333 g/mol. The summed E-state index contributed by atoms with van der Waals surface area (Å²) in [5.74, 6) is 0.572. The molecule has 0 aliphatic rings. The lowest BCUT2D eigenvalue weighted by molar-refractivity contribution is 0.455. The van der Waals surface area contributed by atoms with Crippen LogP contribution in [0, 0.1) is 14.9 Å². The molecule has 0 saturated heterocycles. The van der Waals surface area contributed by atoms with Crippen molar-refractivity contribution in [2.45, 2.75) is 0 Å². The summed E-state index contributed by atoms with van der Waals surface area (Å²) in [6.07, 6.45) is 1.26. The zero-order valence-corrected chi connectivity index (χ0v) is 10.6. The van der Waals surface area contributed by atoms with Crippen molar-refractivity contribution in [3.8, 4) is 17.7 Å². The van der Waals surface area contributed by atoms with Gasteiger partial charge in [-0.25, -0.2) is 4.98 Å². The van der Waals surface area contributed by atoms with Gasteiger partial charge in [-0.2, -0.15) is 5.26 Å². The number of para-hydroxylation sites is 1. The number of aromatic nitrogens is 2. The van der Waals surface area contributed by atoms with Crippen molar-refractivity contribution < 1.29 is 4.74 Å². The third-order valence-electron chi connectivity index (χ3n) is 1.98. The quantitative estimate of drug-likeness (QED) is 0.850. The number of ether oxygens (including phenoxy) is 1. The Morgan fingerprint density at radius 3 is 2.94 bits per heavy atom. The van der Waals surface area contributed by atoms with Crippen molar-refractivity contribution in [1.82, 2.24) is 9.97 Å². The summed E-state index contributed by atoms with van der Waals surface area (Å²) < 4.78 is 5.80. The smallest absolute Gasteiger partial charge is 0.268 e. The second kappa shape index (κ2) is 4.97. The van der Waals surface area contributed by atoms with E-state index in [2.05, 4.69) is 9.97 Å².